The maximum Gasteiger partial charge on any atom is 0.344 e. The molecule has 136 valence electrons. The Balaban J connectivity index is 1.53. The number of Topliss-reactive ketones (excluding diaryl/α,β-unsaturated/α-hetero) is 1. The molecular weight excluding hydrogens is 328 g/mol. The lowest BCUT2D eigenvalue weighted by molar-refractivity contribution is -0.148. The Morgan fingerprint density at radius 2 is 1.77 bits per heavy atom. The summed E-state index contributed by atoms with van der Waals surface area (Å²) in [4.78, 5) is 24.4. The molecule has 1 aliphatic carbocycles. The van der Waals surface area contributed by atoms with Gasteiger partial charge in [0.05, 0.1) is 0 Å². The molecule has 2 aromatic carbocycles. The first kappa shape index (κ1) is 18.2. The zero-order valence-electron chi connectivity index (χ0n) is 15.5. The summed E-state index contributed by atoms with van der Waals surface area (Å²) in [5.41, 5.74) is 5.35. The van der Waals surface area contributed by atoms with Crippen molar-refractivity contribution in [3.63, 3.8) is 0 Å². The van der Waals surface area contributed by atoms with E-state index in [1.165, 1.54) is 17.5 Å². The topological polar surface area (TPSA) is 52.6 Å². The Hall–Kier alpha value is -2.62. The maximum absolute atomic E-state index is 12.4. The number of carbonyl (C=O) groups excluding carboxylic acids is 2. The van der Waals surface area contributed by atoms with Gasteiger partial charge in [-0.05, 0) is 80.5 Å². The van der Waals surface area contributed by atoms with Crippen LogP contribution in [0.3, 0.4) is 0 Å². The first-order valence-corrected chi connectivity index (χ1v) is 8.99. The smallest absolute Gasteiger partial charge is 0.344 e. The largest absolute Gasteiger partial charge is 0.482 e. The Bertz CT molecular complexity index is 838. The van der Waals surface area contributed by atoms with Crippen LogP contribution in [-0.4, -0.2) is 24.5 Å². The van der Waals surface area contributed by atoms with E-state index >= 15 is 0 Å². The highest BCUT2D eigenvalue weighted by Crippen LogP contribution is 2.26. The molecule has 0 saturated heterocycles. The molecule has 3 rings (SSSR count). The van der Waals surface area contributed by atoms with Crippen molar-refractivity contribution in [1.82, 2.24) is 0 Å². The molecule has 0 N–H and O–H groups in total. The lowest BCUT2D eigenvalue weighted by Gasteiger charge is -2.14. The number of hydrogen-bond donors (Lipinski definition) is 0. The van der Waals surface area contributed by atoms with Gasteiger partial charge in [0.2, 0.25) is 5.78 Å². The molecule has 0 heterocycles. The van der Waals surface area contributed by atoms with E-state index in [0.717, 1.165) is 24.0 Å². The minimum absolute atomic E-state index is 0.205. The summed E-state index contributed by atoms with van der Waals surface area (Å²) in [5.74, 6) is -0.0927. The molecule has 0 fully saturated rings. The molecule has 0 amide bonds. The molecular formula is C22H24O4. The highest BCUT2D eigenvalue weighted by molar-refractivity contribution is 6.00. The van der Waals surface area contributed by atoms with Crippen molar-refractivity contribution in [2.24, 2.45) is 0 Å². The van der Waals surface area contributed by atoms with Crippen molar-refractivity contribution >= 4 is 11.8 Å². The van der Waals surface area contributed by atoms with Gasteiger partial charge < -0.3 is 9.47 Å². The monoisotopic (exact) mass is 352 g/mol. The number of carbonyl (C=O) groups is 2. The van der Waals surface area contributed by atoms with Crippen LogP contribution in [0.15, 0.2) is 36.4 Å². The number of ketones is 1. The molecule has 4 heteroatoms. The van der Waals surface area contributed by atoms with Crippen LogP contribution in [0.5, 0.6) is 5.75 Å². The summed E-state index contributed by atoms with van der Waals surface area (Å²) in [5, 5.41) is 0. The zero-order chi connectivity index (χ0) is 18.7. The Labute approximate surface area is 154 Å². The number of rotatable bonds is 6. The molecule has 26 heavy (non-hydrogen) atoms. The fourth-order valence-corrected chi connectivity index (χ4v) is 3.19. The molecule has 0 bridgehead atoms. The predicted octanol–water partition coefficient (Wildman–Crippen LogP) is 3.99. The van der Waals surface area contributed by atoms with Gasteiger partial charge in [-0.15, -0.1) is 0 Å². The molecule has 0 saturated carbocycles. The van der Waals surface area contributed by atoms with E-state index in [1.807, 2.05) is 38.1 Å². The molecule has 0 spiro atoms. The van der Waals surface area contributed by atoms with Gasteiger partial charge in [-0.3, -0.25) is 4.79 Å². The van der Waals surface area contributed by atoms with Crippen LogP contribution in [0, 0.1) is 13.8 Å². The summed E-state index contributed by atoms with van der Waals surface area (Å²) in [6.45, 7) is 5.32. The summed E-state index contributed by atoms with van der Waals surface area (Å²) >= 11 is 0. The van der Waals surface area contributed by atoms with Crippen LogP contribution in [0.4, 0.5) is 0 Å². The number of esters is 1. The number of hydrogen-bond acceptors (Lipinski definition) is 4. The third-order valence-electron chi connectivity index (χ3n) is 4.90. The second kappa shape index (κ2) is 7.73. The molecule has 0 aliphatic heterocycles. The predicted molar refractivity (Wildman–Crippen MR) is 99.8 cm³/mol. The lowest BCUT2D eigenvalue weighted by Crippen LogP contribution is -2.27. The van der Waals surface area contributed by atoms with Crippen molar-refractivity contribution in [3.8, 4) is 5.75 Å². The van der Waals surface area contributed by atoms with Gasteiger partial charge in [0, 0.05) is 5.56 Å². The quantitative estimate of drug-likeness (QED) is 0.583. The fraction of sp³-hybridized carbons (Fsp3) is 0.364. The van der Waals surface area contributed by atoms with Crippen LogP contribution < -0.4 is 4.74 Å². The van der Waals surface area contributed by atoms with Crippen molar-refractivity contribution < 1.29 is 19.1 Å². The normalized spacial score (nSPS) is 13.8. The molecule has 0 radical (unpaired) electrons. The summed E-state index contributed by atoms with van der Waals surface area (Å²) in [6.07, 6.45) is 2.49. The van der Waals surface area contributed by atoms with Gasteiger partial charge in [-0.25, -0.2) is 4.79 Å². The summed E-state index contributed by atoms with van der Waals surface area (Å²) in [6, 6.07) is 11.4. The maximum atomic E-state index is 12.4. The van der Waals surface area contributed by atoms with Crippen LogP contribution in [0.25, 0.3) is 0 Å². The van der Waals surface area contributed by atoms with E-state index < -0.39 is 12.1 Å². The van der Waals surface area contributed by atoms with E-state index in [-0.39, 0.29) is 12.4 Å². The number of fused-ring (bicyclic) bond motifs is 1. The van der Waals surface area contributed by atoms with Crippen molar-refractivity contribution in [3.05, 3.63) is 64.2 Å². The third-order valence-corrected chi connectivity index (χ3v) is 4.90. The Morgan fingerprint density at radius 3 is 2.54 bits per heavy atom. The molecule has 4 nitrogen and oxygen atoms in total. The van der Waals surface area contributed by atoms with E-state index in [1.54, 1.807) is 13.0 Å². The minimum atomic E-state index is -0.840. The first-order valence-electron chi connectivity index (χ1n) is 8.99. The second-order valence-electron chi connectivity index (χ2n) is 6.87. The van der Waals surface area contributed by atoms with Crippen LogP contribution in [0.2, 0.25) is 0 Å². The highest BCUT2D eigenvalue weighted by atomic mass is 16.6. The molecule has 0 unspecified atom stereocenters. The average molecular weight is 352 g/mol. The standard InChI is InChI=1S/C22H24O4/c1-14-7-8-19(11-15(14)2)22(24)16(3)26-21(23)13-25-20-10-9-17-5-4-6-18(17)12-20/h7-12,16H,4-6,13H2,1-3H3/t16-/m0/s1. The SMILES string of the molecule is Cc1ccc(C(=O)[C@H](C)OC(=O)COc2ccc3c(c2)CCC3)cc1C. The van der Waals surface area contributed by atoms with E-state index in [2.05, 4.69) is 6.07 Å². The summed E-state index contributed by atoms with van der Waals surface area (Å²) in [7, 11) is 0. The van der Waals surface area contributed by atoms with Crippen molar-refractivity contribution in [2.75, 3.05) is 6.61 Å². The van der Waals surface area contributed by atoms with Gasteiger partial charge in [-0.1, -0.05) is 18.2 Å². The lowest BCUT2D eigenvalue weighted by atomic mass is 10.0. The number of benzene rings is 2. The highest BCUT2D eigenvalue weighted by Gasteiger charge is 2.20. The van der Waals surface area contributed by atoms with Gasteiger partial charge in [0.25, 0.3) is 0 Å². The van der Waals surface area contributed by atoms with Crippen molar-refractivity contribution in [2.45, 2.75) is 46.1 Å². The van der Waals surface area contributed by atoms with Gasteiger partial charge in [0.1, 0.15) is 5.75 Å². The zero-order valence-corrected chi connectivity index (χ0v) is 15.5. The van der Waals surface area contributed by atoms with Gasteiger partial charge >= 0.3 is 5.97 Å². The third kappa shape index (κ3) is 4.13. The Kier molecular flexibility index (Phi) is 5.40. The van der Waals surface area contributed by atoms with Crippen molar-refractivity contribution in [1.29, 1.82) is 0 Å². The summed E-state index contributed by atoms with van der Waals surface area (Å²) < 4.78 is 10.8. The molecule has 1 atom stereocenters. The number of aryl methyl sites for hydroxylation is 4. The second-order valence-corrected chi connectivity index (χ2v) is 6.87. The van der Waals surface area contributed by atoms with Gasteiger partial charge in [0.15, 0.2) is 12.7 Å². The van der Waals surface area contributed by atoms with E-state index in [9.17, 15) is 9.59 Å². The molecule has 1 aliphatic rings. The van der Waals surface area contributed by atoms with E-state index in [4.69, 9.17) is 9.47 Å². The number of ether oxygens (including phenoxy) is 2. The van der Waals surface area contributed by atoms with Crippen LogP contribution >= 0.6 is 0 Å². The van der Waals surface area contributed by atoms with Gasteiger partial charge in [-0.2, -0.15) is 0 Å². The van der Waals surface area contributed by atoms with Crippen LogP contribution in [-0.2, 0) is 22.4 Å². The molecule has 0 aromatic heterocycles. The Morgan fingerprint density at radius 1 is 1.00 bits per heavy atom. The van der Waals surface area contributed by atoms with Crippen LogP contribution in [0.1, 0.15) is 46.0 Å². The average Bonchev–Trinajstić information content (AvgIpc) is 3.09. The van der Waals surface area contributed by atoms with E-state index in [0.29, 0.717) is 11.3 Å². The molecule has 2 aromatic rings. The fourth-order valence-electron chi connectivity index (χ4n) is 3.19. The first-order chi connectivity index (χ1) is 12.4. The minimum Gasteiger partial charge on any atom is -0.482 e.